The van der Waals surface area contributed by atoms with E-state index < -0.39 is 0 Å². The van der Waals surface area contributed by atoms with E-state index in [2.05, 4.69) is 27.6 Å². The standard InChI is InChI=1S/C33H19N3O2/c1-34-27-15-7-5-12-23(27)21-18-19-25-24-13-6-8-16-28(24)36(30(25)20-21)29-17-9-14-26-31(29)33(38)35(32(26)37)22-10-3-2-4-11-22/h2-20H. The lowest BCUT2D eigenvalue weighted by Gasteiger charge is -2.14. The number of anilines is 1. The third-order valence-electron chi connectivity index (χ3n) is 7.16. The minimum atomic E-state index is -0.341. The molecular weight excluding hydrogens is 470 g/mol. The highest BCUT2D eigenvalue weighted by molar-refractivity contribution is 6.35. The van der Waals surface area contributed by atoms with Crippen LogP contribution in [0.15, 0.2) is 115 Å². The molecule has 5 heteroatoms. The van der Waals surface area contributed by atoms with Crippen LogP contribution in [-0.4, -0.2) is 16.4 Å². The number of fused-ring (bicyclic) bond motifs is 4. The van der Waals surface area contributed by atoms with E-state index in [1.807, 2.05) is 78.9 Å². The van der Waals surface area contributed by atoms with E-state index in [0.29, 0.717) is 28.2 Å². The number of hydrogen-bond donors (Lipinski definition) is 0. The summed E-state index contributed by atoms with van der Waals surface area (Å²) in [5.74, 6) is -0.669. The molecule has 0 aliphatic carbocycles. The van der Waals surface area contributed by atoms with E-state index >= 15 is 0 Å². The number of carbonyl (C=O) groups excluding carboxylic acids is 2. The van der Waals surface area contributed by atoms with Crippen LogP contribution >= 0.6 is 0 Å². The van der Waals surface area contributed by atoms with Gasteiger partial charge in [0.2, 0.25) is 0 Å². The molecule has 0 bridgehead atoms. The number of para-hydroxylation sites is 3. The van der Waals surface area contributed by atoms with Gasteiger partial charge in [0.25, 0.3) is 11.8 Å². The van der Waals surface area contributed by atoms with E-state index in [0.717, 1.165) is 32.9 Å². The fourth-order valence-electron chi connectivity index (χ4n) is 5.48. The van der Waals surface area contributed by atoms with Gasteiger partial charge in [0.05, 0.1) is 40.1 Å². The molecule has 0 unspecified atom stereocenters. The summed E-state index contributed by atoms with van der Waals surface area (Å²) in [6.07, 6.45) is 0. The summed E-state index contributed by atoms with van der Waals surface area (Å²) in [6, 6.07) is 36.2. The second kappa shape index (κ2) is 8.29. The minimum Gasteiger partial charge on any atom is -0.308 e. The summed E-state index contributed by atoms with van der Waals surface area (Å²) in [5, 5.41) is 2.07. The largest absolute Gasteiger partial charge is 0.308 e. The Labute approximate surface area is 218 Å². The normalized spacial score (nSPS) is 12.8. The van der Waals surface area contributed by atoms with Crippen molar-refractivity contribution in [2.75, 3.05) is 4.90 Å². The van der Waals surface area contributed by atoms with Crippen molar-refractivity contribution in [3.8, 4) is 16.8 Å². The van der Waals surface area contributed by atoms with Crippen LogP contribution in [0.2, 0.25) is 0 Å². The number of carbonyl (C=O) groups is 2. The molecule has 0 N–H and O–H groups in total. The Morgan fingerprint density at radius 2 is 1.32 bits per heavy atom. The molecule has 0 atom stereocenters. The van der Waals surface area contributed by atoms with Gasteiger partial charge in [-0.2, -0.15) is 0 Å². The number of aromatic nitrogens is 1. The lowest BCUT2D eigenvalue weighted by atomic mass is 10.0. The van der Waals surface area contributed by atoms with Gasteiger partial charge in [-0.3, -0.25) is 9.59 Å². The molecule has 0 saturated carbocycles. The lowest BCUT2D eigenvalue weighted by molar-refractivity contribution is 0.0926. The molecule has 0 radical (unpaired) electrons. The van der Waals surface area contributed by atoms with Gasteiger partial charge in [0.15, 0.2) is 5.69 Å². The molecule has 1 aromatic heterocycles. The lowest BCUT2D eigenvalue weighted by Crippen LogP contribution is -2.29. The van der Waals surface area contributed by atoms with E-state index in [9.17, 15) is 9.59 Å². The number of benzene rings is 5. The first-order valence-corrected chi connectivity index (χ1v) is 12.2. The smallest absolute Gasteiger partial charge is 0.268 e. The molecule has 178 valence electrons. The molecular formula is C33H19N3O2. The molecule has 1 aliphatic rings. The second-order valence-electron chi connectivity index (χ2n) is 9.19. The Balaban J connectivity index is 1.52. The Morgan fingerprint density at radius 3 is 2.16 bits per heavy atom. The third-order valence-corrected chi connectivity index (χ3v) is 7.16. The number of nitrogens with zero attached hydrogens (tertiary/aromatic N) is 3. The molecule has 5 aromatic carbocycles. The number of amides is 2. The maximum Gasteiger partial charge on any atom is 0.268 e. The van der Waals surface area contributed by atoms with Gasteiger partial charge in [0, 0.05) is 10.8 Å². The summed E-state index contributed by atoms with van der Waals surface area (Å²) in [7, 11) is 0. The first kappa shape index (κ1) is 21.8. The molecule has 1 aliphatic heterocycles. The molecule has 7 rings (SSSR count). The molecule has 38 heavy (non-hydrogen) atoms. The van der Waals surface area contributed by atoms with Crippen molar-refractivity contribution in [2.24, 2.45) is 0 Å². The fraction of sp³-hybridized carbons (Fsp3) is 0. The van der Waals surface area contributed by atoms with E-state index in [1.54, 1.807) is 18.2 Å². The van der Waals surface area contributed by atoms with Crippen molar-refractivity contribution in [1.82, 2.24) is 4.57 Å². The average Bonchev–Trinajstić information content (AvgIpc) is 3.44. The highest BCUT2D eigenvalue weighted by Crippen LogP contribution is 2.40. The van der Waals surface area contributed by atoms with Gasteiger partial charge in [-0.15, -0.1) is 0 Å². The Kier molecular flexibility index (Phi) is 4.75. The highest BCUT2D eigenvalue weighted by atomic mass is 16.2. The van der Waals surface area contributed by atoms with Crippen molar-refractivity contribution < 1.29 is 9.59 Å². The van der Waals surface area contributed by atoms with Gasteiger partial charge >= 0.3 is 0 Å². The number of rotatable bonds is 3. The van der Waals surface area contributed by atoms with Crippen molar-refractivity contribution in [2.45, 2.75) is 0 Å². The molecule has 6 aromatic rings. The van der Waals surface area contributed by atoms with Gasteiger partial charge in [0.1, 0.15) is 0 Å². The molecule has 2 heterocycles. The van der Waals surface area contributed by atoms with Crippen molar-refractivity contribution in [3.63, 3.8) is 0 Å². The Hall–Kier alpha value is -5.47. The second-order valence-corrected chi connectivity index (χ2v) is 9.19. The van der Waals surface area contributed by atoms with Crippen LogP contribution < -0.4 is 4.90 Å². The Morgan fingerprint density at radius 1 is 0.605 bits per heavy atom. The van der Waals surface area contributed by atoms with Gasteiger partial charge < -0.3 is 4.57 Å². The summed E-state index contributed by atoms with van der Waals surface area (Å²) in [4.78, 5) is 32.2. The van der Waals surface area contributed by atoms with Crippen molar-refractivity contribution in [1.29, 1.82) is 0 Å². The average molecular weight is 490 g/mol. The highest BCUT2D eigenvalue weighted by Gasteiger charge is 2.39. The topological polar surface area (TPSA) is 46.7 Å². The maximum atomic E-state index is 13.8. The number of imide groups is 1. The van der Waals surface area contributed by atoms with Crippen LogP contribution in [0, 0.1) is 6.57 Å². The monoisotopic (exact) mass is 489 g/mol. The van der Waals surface area contributed by atoms with Gasteiger partial charge in [-0.1, -0.05) is 78.9 Å². The van der Waals surface area contributed by atoms with Crippen LogP contribution in [0.1, 0.15) is 20.7 Å². The minimum absolute atomic E-state index is 0.328. The number of hydrogen-bond acceptors (Lipinski definition) is 2. The molecule has 0 fully saturated rings. The maximum absolute atomic E-state index is 13.8. The summed E-state index contributed by atoms with van der Waals surface area (Å²) >= 11 is 0. The van der Waals surface area contributed by atoms with E-state index in [1.165, 1.54) is 4.90 Å². The van der Waals surface area contributed by atoms with E-state index in [4.69, 9.17) is 6.57 Å². The van der Waals surface area contributed by atoms with Gasteiger partial charge in [-0.25, -0.2) is 9.74 Å². The predicted octanol–water partition coefficient (Wildman–Crippen LogP) is 7.80. The summed E-state index contributed by atoms with van der Waals surface area (Å²) < 4.78 is 2.06. The quantitative estimate of drug-likeness (QED) is 0.188. The SMILES string of the molecule is [C-]#[N+]c1ccccc1-c1ccc2c3ccccc3n(-c3cccc4c3C(=O)N(c3ccccc3)C4=O)c2c1. The van der Waals surface area contributed by atoms with Crippen LogP contribution in [0.5, 0.6) is 0 Å². The first-order chi connectivity index (χ1) is 18.7. The zero-order valence-corrected chi connectivity index (χ0v) is 20.1. The van der Waals surface area contributed by atoms with Crippen LogP contribution in [0.3, 0.4) is 0 Å². The molecule has 2 amide bonds. The summed E-state index contributed by atoms with van der Waals surface area (Å²) in [6.45, 7) is 7.62. The predicted molar refractivity (Wildman–Crippen MR) is 150 cm³/mol. The van der Waals surface area contributed by atoms with Crippen molar-refractivity contribution in [3.05, 3.63) is 138 Å². The van der Waals surface area contributed by atoms with Crippen LogP contribution in [-0.2, 0) is 0 Å². The zero-order valence-electron chi connectivity index (χ0n) is 20.1. The van der Waals surface area contributed by atoms with Crippen molar-refractivity contribution >= 4 is 45.0 Å². The third kappa shape index (κ3) is 3.04. The Bertz CT molecular complexity index is 1980. The van der Waals surface area contributed by atoms with Gasteiger partial charge in [-0.05, 0) is 47.5 Å². The molecule has 5 nitrogen and oxygen atoms in total. The molecule has 0 saturated heterocycles. The molecule has 0 spiro atoms. The van der Waals surface area contributed by atoms with Crippen LogP contribution in [0.4, 0.5) is 11.4 Å². The zero-order chi connectivity index (χ0) is 25.8. The summed E-state index contributed by atoms with van der Waals surface area (Å²) in [5.41, 5.74) is 6.14. The first-order valence-electron chi connectivity index (χ1n) is 12.2. The van der Waals surface area contributed by atoms with Crippen LogP contribution in [0.25, 0.3) is 43.5 Å². The van der Waals surface area contributed by atoms with E-state index in [-0.39, 0.29) is 11.8 Å². The fourth-order valence-corrected chi connectivity index (χ4v) is 5.48.